The number of rotatable bonds is 6. The molecule has 5 rings (SSSR count). The van der Waals surface area contributed by atoms with Gasteiger partial charge in [0.05, 0.1) is 37.7 Å². The van der Waals surface area contributed by atoms with Crippen LogP contribution in [0.25, 0.3) is 16.2 Å². The van der Waals surface area contributed by atoms with Crippen molar-refractivity contribution >= 4 is 27.3 Å². The van der Waals surface area contributed by atoms with E-state index in [0.717, 1.165) is 52.2 Å². The molecule has 0 aliphatic carbocycles. The minimum atomic E-state index is -0.0604. The molecule has 160 valence electrons. The molecule has 4 heterocycles. The van der Waals surface area contributed by atoms with Gasteiger partial charge in [-0.15, -0.1) is 5.10 Å². The average Bonchev–Trinajstić information content (AvgIpc) is 3.54. The molecule has 9 heteroatoms. The molecule has 1 fully saturated rings. The van der Waals surface area contributed by atoms with Crippen LogP contribution in [0, 0.1) is 5.92 Å². The number of fused-ring (bicyclic) bond motifs is 1. The number of hydrogen-bond donors (Lipinski definition) is 1. The van der Waals surface area contributed by atoms with Gasteiger partial charge in [-0.1, -0.05) is 11.3 Å². The van der Waals surface area contributed by atoms with E-state index in [9.17, 15) is 4.79 Å². The summed E-state index contributed by atoms with van der Waals surface area (Å²) in [6.07, 6.45) is 5.39. The van der Waals surface area contributed by atoms with Crippen LogP contribution in [0.15, 0.2) is 53.3 Å². The van der Waals surface area contributed by atoms with E-state index in [-0.39, 0.29) is 11.8 Å². The molecular weight excluding hydrogens is 414 g/mol. The van der Waals surface area contributed by atoms with E-state index in [0.29, 0.717) is 13.1 Å². The molecule has 1 aliphatic rings. The zero-order chi connectivity index (χ0) is 21.2. The van der Waals surface area contributed by atoms with Gasteiger partial charge in [0.2, 0.25) is 16.0 Å². The number of piperidine rings is 1. The molecule has 0 spiro atoms. The van der Waals surface area contributed by atoms with Crippen LogP contribution < -0.4 is 15.0 Å². The van der Waals surface area contributed by atoms with Crippen LogP contribution in [0.2, 0.25) is 0 Å². The van der Waals surface area contributed by atoms with Gasteiger partial charge in [0.15, 0.2) is 0 Å². The van der Waals surface area contributed by atoms with Crippen molar-refractivity contribution in [2.75, 3.05) is 25.1 Å². The Bertz CT molecular complexity index is 1130. The number of hydrogen-bond acceptors (Lipinski definition) is 7. The summed E-state index contributed by atoms with van der Waals surface area (Å²) in [5.74, 6) is 1.58. The Kier molecular flexibility index (Phi) is 5.33. The van der Waals surface area contributed by atoms with Crippen molar-refractivity contribution in [3.05, 3.63) is 54.6 Å². The largest absolute Gasteiger partial charge is 0.497 e. The Morgan fingerprint density at radius 1 is 1.32 bits per heavy atom. The number of benzene rings is 1. The number of imidazole rings is 1. The van der Waals surface area contributed by atoms with Crippen molar-refractivity contribution in [3.8, 4) is 17.0 Å². The lowest BCUT2D eigenvalue weighted by molar-refractivity contribution is -0.125. The van der Waals surface area contributed by atoms with E-state index in [4.69, 9.17) is 19.2 Å². The van der Waals surface area contributed by atoms with Crippen molar-refractivity contribution < 1.29 is 13.9 Å². The minimum Gasteiger partial charge on any atom is -0.497 e. The molecule has 1 N–H and O–H groups in total. The number of ether oxygens (including phenoxy) is 1. The van der Waals surface area contributed by atoms with E-state index in [1.165, 1.54) is 0 Å². The molecule has 0 radical (unpaired) electrons. The first kappa shape index (κ1) is 19.6. The van der Waals surface area contributed by atoms with Gasteiger partial charge in [-0.3, -0.25) is 4.79 Å². The number of aromatic nitrogens is 3. The summed E-state index contributed by atoms with van der Waals surface area (Å²) >= 11 is 1.55. The number of methoxy groups -OCH3 is 1. The third-order valence-corrected chi connectivity index (χ3v) is 6.48. The number of furan rings is 1. The quantitative estimate of drug-likeness (QED) is 0.496. The van der Waals surface area contributed by atoms with E-state index < -0.39 is 0 Å². The van der Waals surface area contributed by atoms with Gasteiger partial charge < -0.3 is 19.4 Å². The number of carbonyl (C=O) groups excluding carboxylic acids is 1. The third-order valence-electron chi connectivity index (χ3n) is 5.50. The van der Waals surface area contributed by atoms with Crippen molar-refractivity contribution in [3.63, 3.8) is 0 Å². The first-order chi connectivity index (χ1) is 15.2. The second kappa shape index (κ2) is 8.43. The maximum Gasteiger partial charge on any atom is 0.225 e. The highest BCUT2D eigenvalue weighted by atomic mass is 32.1. The lowest BCUT2D eigenvalue weighted by atomic mass is 9.97. The first-order valence-corrected chi connectivity index (χ1v) is 11.1. The molecule has 1 aliphatic heterocycles. The number of nitrogens with one attached hydrogen (secondary N) is 1. The lowest BCUT2D eigenvalue weighted by Gasteiger charge is -2.31. The van der Waals surface area contributed by atoms with Crippen LogP contribution in [0.5, 0.6) is 5.75 Å². The highest BCUT2D eigenvalue weighted by molar-refractivity contribution is 7.20. The lowest BCUT2D eigenvalue weighted by Crippen LogP contribution is -2.43. The number of nitrogens with zero attached hydrogens (tertiary/aromatic N) is 4. The smallest absolute Gasteiger partial charge is 0.225 e. The molecule has 0 saturated carbocycles. The Hall–Kier alpha value is -3.33. The molecule has 3 aromatic heterocycles. The van der Waals surface area contributed by atoms with Crippen LogP contribution in [0.3, 0.4) is 0 Å². The van der Waals surface area contributed by atoms with Crippen molar-refractivity contribution in [1.82, 2.24) is 19.9 Å². The predicted octanol–water partition coefficient (Wildman–Crippen LogP) is 3.59. The molecule has 8 nitrogen and oxygen atoms in total. The second-order valence-electron chi connectivity index (χ2n) is 7.55. The summed E-state index contributed by atoms with van der Waals surface area (Å²) in [6, 6.07) is 11.5. The Labute approximate surface area is 183 Å². The van der Waals surface area contributed by atoms with Gasteiger partial charge >= 0.3 is 0 Å². The van der Waals surface area contributed by atoms with E-state index in [1.807, 2.05) is 47.1 Å². The van der Waals surface area contributed by atoms with Gasteiger partial charge in [0.25, 0.3) is 0 Å². The van der Waals surface area contributed by atoms with Gasteiger partial charge in [-0.25, -0.2) is 9.50 Å². The molecule has 1 aromatic carbocycles. The zero-order valence-corrected chi connectivity index (χ0v) is 18.0. The monoisotopic (exact) mass is 437 g/mol. The average molecular weight is 438 g/mol. The van der Waals surface area contributed by atoms with Gasteiger partial charge in [-0.05, 0) is 49.2 Å². The highest BCUT2D eigenvalue weighted by Gasteiger charge is 2.28. The van der Waals surface area contributed by atoms with Crippen molar-refractivity contribution in [2.45, 2.75) is 19.4 Å². The minimum absolute atomic E-state index is 0.0595. The molecule has 0 bridgehead atoms. The molecule has 1 amide bonds. The van der Waals surface area contributed by atoms with E-state index in [2.05, 4.69) is 10.2 Å². The fourth-order valence-corrected chi connectivity index (χ4v) is 4.73. The third kappa shape index (κ3) is 4.13. The zero-order valence-electron chi connectivity index (χ0n) is 17.2. The van der Waals surface area contributed by atoms with Crippen LogP contribution in [0.4, 0.5) is 5.13 Å². The van der Waals surface area contributed by atoms with Crippen LogP contribution in [-0.2, 0) is 11.3 Å². The molecule has 1 unspecified atom stereocenters. The van der Waals surface area contributed by atoms with Crippen LogP contribution in [0.1, 0.15) is 18.6 Å². The van der Waals surface area contributed by atoms with Gasteiger partial charge in [0, 0.05) is 18.7 Å². The maximum atomic E-state index is 12.6. The standard InChI is InChI=1S/C22H23N5O3S/c1-29-17-8-6-15(7-9-17)19-14-27-21(24-19)31-22(25-27)26-10-2-4-16(13-26)20(28)23-12-18-5-3-11-30-18/h3,5-9,11,14,16H,2,4,10,12-13H2,1H3,(H,23,28). The van der Waals surface area contributed by atoms with Crippen molar-refractivity contribution in [2.24, 2.45) is 5.92 Å². The SMILES string of the molecule is COc1ccc(-c2cn3nc(N4CCCC(C(=O)NCc5ccco5)C4)sc3n2)cc1. The van der Waals surface area contributed by atoms with Gasteiger partial charge in [-0.2, -0.15) is 0 Å². The first-order valence-electron chi connectivity index (χ1n) is 10.3. The maximum absolute atomic E-state index is 12.6. The number of amides is 1. The van der Waals surface area contributed by atoms with E-state index >= 15 is 0 Å². The summed E-state index contributed by atoms with van der Waals surface area (Å²) < 4.78 is 12.3. The molecule has 1 atom stereocenters. The fraction of sp³-hybridized carbons (Fsp3) is 0.318. The Morgan fingerprint density at radius 2 is 2.19 bits per heavy atom. The van der Waals surface area contributed by atoms with Crippen LogP contribution >= 0.6 is 11.3 Å². The summed E-state index contributed by atoms with van der Waals surface area (Å²) in [7, 11) is 1.65. The fourth-order valence-electron chi connectivity index (χ4n) is 3.81. The number of carbonyl (C=O) groups is 1. The summed E-state index contributed by atoms with van der Waals surface area (Å²) in [4.78, 5) is 20.4. The van der Waals surface area contributed by atoms with E-state index in [1.54, 1.807) is 24.7 Å². The summed E-state index contributed by atoms with van der Waals surface area (Å²) in [5, 5.41) is 8.60. The molecule has 31 heavy (non-hydrogen) atoms. The van der Waals surface area contributed by atoms with Crippen molar-refractivity contribution in [1.29, 1.82) is 0 Å². The predicted molar refractivity (Wildman–Crippen MR) is 118 cm³/mol. The normalized spacial score (nSPS) is 16.5. The topological polar surface area (TPSA) is 84.9 Å². The van der Waals surface area contributed by atoms with Gasteiger partial charge in [0.1, 0.15) is 11.5 Å². The summed E-state index contributed by atoms with van der Waals surface area (Å²) in [5.41, 5.74) is 1.90. The molecule has 1 saturated heterocycles. The Morgan fingerprint density at radius 3 is 2.94 bits per heavy atom. The highest BCUT2D eigenvalue weighted by Crippen LogP contribution is 2.30. The summed E-state index contributed by atoms with van der Waals surface area (Å²) in [6.45, 7) is 1.97. The second-order valence-corrected chi connectivity index (χ2v) is 8.48. The Balaban J connectivity index is 1.26. The molecule has 4 aromatic rings. The number of anilines is 1. The molecular formula is C22H23N5O3S. The van der Waals surface area contributed by atoms with Crippen LogP contribution in [-0.4, -0.2) is 40.7 Å².